The van der Waals surface area contributed by atoms with Crippen LogP contribution in [-0.2, 0) is 6.42 Å². The number of carbonyl (C=O) groups is 1. The van der Waals surface area contributed by atoms with Gasteiger partial charge >= 0.3 is 0 Å². The van der Waals surface area contributed by atoms with Gasteiger partial charge in [-0.25, -0.2) is 5.43 Å². The van der Waals surface area contributed by atoms with Gasteiger partial charge in [0, 0.05) is 5.56 Å². The van der Waals surface area contributed by atoms with Crippen molar-refractivity contribution < 1.29 is 9.53 Å². The molecule has 1 N–H and O–H groups in total. The van der Waals surface area contributed by atoms with Crippen molar-refractivity contribution in [1.29, 1.82) is 0 Å². The maximum Gasteiger partial charge on any atom is 0.271 e. The van der Waals surface area contributed by atoms with Gasteiger partial charge in [0.05, 0.1) is 21.8 Å². The average Bonchev–Trinajstić information content (AvgIpc) is 2.74. The lowest BCUT2D eigenvalue weighted by molar-refractivity contribution is 0.0955. The quantitative estimate of drug-likeness (QED) is 0.176. The van der Waals surface area contributed by atoms with Gasteiger partial charge in [-0.3, -0.25) is 4.79 Å². The predicted octanol–water partition coefficient (Wildman–Crippen LogP) is 7.28. The number of ether oxygens (including phenoxy) is 1. The average molecular weight is 538 g/mol. The molecule has 0 saturated carbocycles. The number of nitrogens with zero attached hydrogens (tertiary/aromatic N) is 1. The Kier molecular flexibility index (Phi) is 11.2. The third-order valence-corrected chi connectivity index (χ3v) is 5.86. The molecule has 0 spiro atoms. The minimum Gasteiger partial charge on any atom is -0.491 e. The van der Waals surface area contributed by atoms with Gasteiger partial charge in [-0.2, -0.15) is 5.10 Å². The molecule has 0 aliphatic heterocycles. The van der Waals surface area contributed by atoms with Crippen LogP contribution in [0.3, 0.4) is 0 Å². The molecule has 2 aromatic carbocycles. The number of carbonyl (C=O) groups excluding carboxylic acids is 1. The van der Waals surface area contributed by atoms with E-state index in [1.165, 1.54) is 24.8 Å². The highest BCUT2D eigenvalue weighted by Crippen LogP contribution is 2.34. The summed E-state index contributed by atoms with van der Waals surface area (Å²) in [5.41, 5.74) is 5.28. The number of halogens is 2. The summed E-state index contributed by atoms with van der Waals surface area (Å²) < 4.78 is 7.60. The zero-order valence-electron chi connectivity index (χ0n) is 17.7. The molecule has 0 saturated heterocycles. The number of hydrazone groups is 1. The topological polar surface area (TPSA) is 50.7 Å². The van der Waals surface area contributed by atoms with E-state index in [-0.39, 0.29) is 5.91 Å². The molecule has 2 rings (SSSR count). The van der Waals surface area contributed by atoms with Crippen LogP contribution in [0.25, 0.3) is 0 Å². The summed E-state index contributed by atoms with van der Waals surface area (Å²) in [6.07, 6.45) is 9.64. The minimum absolute atomic E-state index is 0.224. The third kappa shape index (κ3) is 8.23. The fraction of sp³-hybridized carbons (Fsp3) is 0.417. The number of benzene rings is 2. The molecule has 4 nitrogen and oxygen atoms in total. The van der Waals surface area contributed by atoms with Crippen molar-refractivity contribution >= 4 is 44.0 Å². The van der Waals surface area contributed by atoms with Crippen LogP contribution < -0.4 is 10.2 Å². The minimum atomic E-state index is -0.224. The first-order valence-corrected chi connectivity index (χ1v) is 12.2. The van der Waals surface area contributed by atoms with E-state index in [9.17, 15) is 4.79 Å². The lowest BCUT2D eigenvalue weighted by Gasteiger charge is -2.11. The van der Waals surface area contributed by atoms with Gasteiger partial charge in [-0.05, 0) is 86.5 Å². The summed E-state index contributed by atoms with van der Waals surface area (Å²) in [7, 11) is 0. The highest BCUT2D eigenvalue weighted by Gasteiger charge is 2.09. The molecule has 0 heterocycles. The maximum atomic E-state index is 12.3. The van der Waals surface area contributed by atoms with E-state index in [4.69, 9.17) is 4.74 Å². The molecule has 6 heteroatoms. The van der Waals surface area contributed by atoms with Crippen LogP contribution in [0.1, 0.15) is 73.9 Å². The molecule has 0 fully saturated rings. The molecule has 30 heavy (non-hydrogen) atoms. The zero-order chi connectivity index (χ0) is 21.8. The molecule has 0 radical (unpaired) electrons. The second-order valence-electron chi connectivity index (χ2n) is 7.22. The summed E-state index contributed by atoms with van der Waals surface area (Å²) in [6.45, 7) is 5.06. The van der Waals surface area contributed by atoms with Crippen molar-refractivity contribution in [2.75, 3.05) is 6.61 Å². The van der Waals surface area contributed by atoms with Crippen LogP contribution in [-0.4, -0.2) is 18.7 Å². The van der Waals surface area contributed by atoms with Crippen molar-refractivity contribution in [2.24, 2.45) is 5.10 Å². The first-order chi connectivity index (χ1) is 14.5. The lowest BCUT2D eigenvalue weighted by Crippen LogP contribution is -2.17. The van der Waals surface area contributed by atoms with Crippen LogP contribution in [0.2, 0.25) is 0 Å². The Balaban J connectivity index is 1.90. The normalized spacial score (nSPS) is 11.1. The number of unbranched alkanes of at least 4 members (excludes halogenated alkanes) is 4. The lowest BCUT2D eigenvalue weighted by atomic mass is 10.1. The molecule has 0 unspecified atom stereocenters. The molecule has 162 valence electrons. The van der Waals surface area contributed by atoms with Crippen molar-refractivity contribution in [3.63, 3.8) is 0 Å². The Morgan fingerprint density at radius 2 is 1.67 bits per heavy atom. The van der Waals surface area contributed by atoms with Crippen LogP contribution >= 0.6 is 31.9 Å². The van der Waals surface area contributed by atoms with Gasteiger partial charge in [-0.15, -0.1) is 0 Å². The SMILES string of the molecule is CCCCCCOc1c(Br)cc(/C=N/NC(=O)c2ccc(CCCC)cc2)cc1Br. The van der Waals surface area contributed by atoms with E-state index in [1.807, 2.05) is 36.4 Å². The van der Waals surface area contributed by atoms with E-state index in [1.54, 1.807) is 6.21 Å². The first kappa shape index (κ1) is 24.6. The summed E-state index contributed by atoms with van der Waals surface area (Å²) in [6, 6.07) is 11.5. The van der Waals surface area contributed by atoms with Crippen LogP contribution in [0.5, 0.6) is 5.75 Å². The van der Waals surface area contributed by atoms with Gasteiger partial charge in [-0.1, -0.05) is 51.7 Å². The van der Waals surface area contributed by atoms with Gasteiger partial charge in [0.15, 0.2) is 0 Å². The number of hydrogen-bond acceptors (Lipinski definition) is 3. The third-order valence-electron chi connectivity index (χ3n) is 4.68. The van der Waals surface area contributed by atoms with Crippen molar-refractivity contribution in [1.82, 2.24) is 5.43 Å². The fourth-order valence-corrected chi connectivity index (χ4v) is 4.38. The van der Waals surface area contributed by atoms with Gasteiger partial charge in [0.25, 0.3) is 5.91 Å². The second-order valence-corrected chi connectivity index (χ2v) is 8.93. The Labute approximate surface area is 196 Å². The molecule has 0 aliphatic carbocycles. The van der Waals surface area contributed by atoms with Gasteiger partial charge < -0.3 is 4.74 Å². The summed E-state index contributed by atoms with van der Waals surface area (Å²) in [4.78, 5) is 12.3. The van der Waals surface area contributed by atoms with Crippen molar-refractivity contribution in [3.05, 3.63) is 62.0 Å². The fourth-order valence-electron chi connectivity index (χ4n) is 2.93. The molecule has 0 aliphatic rings. The number of aryl methyl sites for hydroxylation is 1. The number of amides is 1. The summed E-state index contributed by atoms with van der Waals surface area (Å²) >= 11 is 7.12. The number of nitrogens with one attached hydrogen (secondary N) is 1. The predicted molar refractivity (Wildman–Crippen MR) is 132 cm³/mol. The van der Waals surface area contributed by atoms with E-state index in [2.05, 4.69) is 56.2 Å². The number of hydrogen-bond donors (Lipinski definition) is 1. The highest BCUT2D eigenvalue weighted by atomic mass is 79.9. The Bertz CT molecular complexity index is 813. The number of rotatable bonds is 12. The second kappa shape index (κ2) is 13.6. The Morgan fingerprint density at radius 1 is 1.00 bits per heavy atom. The van der Waals surface area contributed by atoms with E-state index < -0.39 is 0 Å². The highest BCUT2D eigenvalue weighted by molar-refractivity contribution is 9.11. The monoisotopic (exact) mass is 536 g/mol. The van der Waals surface area contributed by atoms with Crippen LogP contribution in [0.15, 0.2) is 50.4 Å². The largest absolute Gasteiger partial charge is 0.491 e. The molecule has 2 aromatic rings. The standard InChI is InChI=1S/C24H30Br2N2O2/c1-3-5-7-8-14-30-23-21(25)15-19(16-22(23)26)17-27-28-24(29)20-12-10-18(11-13-20)9-6-4-2/h10-13,15-17H,3-9,14H2,1-2H3,(H,28,29)/b27-17+. The van der Waals surface area contributed by atoms with Crippen molar-refractivity contribution in [3.8, 4) is 5.75 Å². The maximum absolute atomic E-state index is 12.3. The van der Waals surface area contributed by atoms with E-state index in [0.717, 1.165) is 45.9 Å². The van der Waals surface area contributed by atoms with Crippen LogP contribution in [0.4, 0.5) is 0 Å². The molecule has 0 bridgehead atoms. The summed E-state index contributed by atoms with van der Waals surface area (Å²) in [5, 5.41) is 4.09. The first-order valence-electron chi connectivity index (χ1n) is 10.6. The van der Waals surface area contributed by atoms with Crippen molar-refractivity contribution in [2.45, 2.75) is 58.8 Å². The molecule has 0 aromatic heterocycles. The van der Waals surface area contributed by atoms with Gasteiger partial charge in [0.1, 0.15) is 5.75 Å². The van der Waals surface area contributed by atoms with Gasteiger partial charge in [0.2, 0.25) is 0 Å². The Hall–Kier alpha value is -1.66. The summed E-state index contributed by atoms with van der Waals surface area (Å²) in [5.74, 6) is 0.564. The zero-order valence-corrected chi connectivity index (χ0v) is 20.9. The molecular weight excluding hydrogens is 508 g/mol. The smallest absolute Gasteiger partial charge is 0.271 e. The molecule has 1 amide bonds. The molecular formula is C24H30Br2N2O2. The van der Waals surface area contributed by atoms with E-state index in [0.29, 0.717) is 12.2 Å². The van der Waals surface area contributed by atoms with E-state index >= 15 is 0 Å². The molecule has 0 atom stereocenters. The Morgan fingerprint density at radius 3 is 2.30 bits per heavy atom. The van der Waals surface area contributed by atoms with Crippen LogP contribution in [0, 0.1) is 0 Å².